The first-order chi connectivity index (χ1) is 13.5. The van der Waals surface area contributed by atoms with Crippen molar-refractivity contribution in [1.82, 2.24) is 20.1 Å². The maximum Gasteiger partial charge on any atom is 0.267 e. The second-order valence-electron chi connectivity index (χ2n) is 6.84. The minimum atomic E-state index is -0.259. The zero-order chi connectivity index (χ0) is 19.7. The lowest BCUT2D eigenvalue weighted by atomic mass is 10.1. The molecule has 8 nitrogen and oxygen atoms in total. The van der Waals surface area contributed by atoms with E-state index in [4.69, 9.17) is 0 Å². The molecule has 0 aliphatic carbocycles. The Balaban J connectivity index is 1.44. The predicted molar refractivity (Wildman–Crippen MR) is 110 cm³/mol. The molecule has 1 aromatic carbocycles. The monoisotopic (exact) mass is 398 g/mol. The lowest BCUT2D eigenvalue weighted by Gasteiger charge is -2.11. The molecule has 4 rings (SSSR count). The third kappa shape index (κ3) is 3.71. The number of amides is 1. The number of hydrogen-bond donors (Lipinski definition) is 4. The highest BCUT2D eigenvalue weighted by atomic mass is 32.1. The number of carbonyl (C=O) groups excluding carboxylic acids is 1. The maximum absolute atomic E-state index is 12.6. The van der Waals surface area contributed by atoms with Crippen molar-refractivity contribution in [2.45, 2.75) is 26.3 Å². The molecule has 3 heterocycles. The van der Waals surface area contributed by atoms with Gasteiger partial charge in [-0.1, -0.05) is 17.4 Å². The van der Waals surface area contributed by atoms with Gasteiger partial charge in [0.15, 0.2) is 10.9 Å². The van der Waals surface area contributed by atoms with Gasteiger partial charge in [0.2, 0.25) is 0 Å². The van der Waals surface area contributed by atoms with Gasteiger partial charge in [0.25, 0.3) is 5.91 Å². The maximum atomic E-state index is 12.6. The van der Waals surface area contributed by atoms with Gasteiger partial charge in [-0.3, -0.25) is 9.48 Å². The molecular weight excluding hydrogens is 376 g/mol. The van der Waals surface area contributed by atoms with E-state index in [1.165, 1.54) is 17.5 Å². The molecule has 1 fully saturated rings. The molecule has 146 valence electrons. The van der Waals surface area contributed by atoms with Gasteiger partial charge in [-0.25, -0.2) is 4.98 Å². The summed E-state index contributed by atoms with van der Waals surface area (Å²) in [5.74, 6) is 0.596. The first-order valence-electron chi connectivity index (χ1n) is 9.10. The molecule has 0 radical (unpaired) electrons. The van der Waals surface area contributed by atoms with E-state index < -0.39 is 0 Å². The number of aromatic hydroxyl groups is 1. The van der Waals surface area contributed by atoms with Gasteiger partial charge in [-0.2, -0.15) is 5.10 Å². The van der Waals surface area contributed by atoms with Crippen molar-refractivity contribution in [3.05, 3.63) is 46.6 Å². The normalized spacial score (nSPS) is 16.3. The SMILES string of the molecule is Cc1ccc(O)c(C)c1NC(=O)c1cnc(Nc2ccn([C@H]3CCNC3)n2)s1. The zero-order valence-electron chi connectivity index (χ0n) is 15.7. The van der Waals surface area contributed by atoms with Gasteiger partial charge >= 0.3 is 0 Å². The molecule has 9 heteroatoms. The smallest absolute Gasteiger partial charge is 0.267 e. The topological polar surface area (TPSA) is 104 Å². The molecule has 0 saturated carbocycles. The van der Waals surface area contributed by atoms with E-state index >= 15 is 0 Å². The van der Waals surface area contributed by atoms with Crippen molar-refractivity contribution in [3.63, 3.8) is 0 Å². The van der Waals surface area contributed by atoms with Crippen molar-refractivity contribution >= 4 is 33.9 Å². The van der Waals surface area contributed by atoms with Gasteiger partial charge in [0.05, 0.1) is 17.9 Å². The Morgan fingerprint density at radius 1 is 1.36 bits per heavy atom. The molecule has 4 N–H and O–H groups in total. The summed E-state index contributed by atoms with van der Waals surface area (Å²) in [6, 6.07) is 5.67. The number of anilines is 3. The van der Waals surface area contributed by atoms with Crippen LogP contribution in [0.3, 0.4) is 0 Å². The van der Waals surface area contributed by atoms with Crippen LogP contribution in [-0.2, 0) is 0 Å². The molecule has 1 aliphatic heterocycles. The van der Waals surface area contributed by atoms with Crippen LogP contribution in [0.2, 0.25) is 0 Å². The summed E-state index contributed by atoms with van der Waals surface area (Å²) in [4.78, 5) is 17.4. The summed E-state index contributed by atoms with van der Waals surface area (Å²) in [6.07, 6.45) is 4.55. The molecule has 1 amide bonds. The van der Waals surface area contributed by atoms with Crippen LogP contribution < -0.4 is 16.0 Å². The summed E-state index contributed by atoms with van der Waals surface area (Å²) in [6.45, 7) is 5.60. The molecule has 3 aromatic rings. The van der Waals surface area contributed by atoms with Crippen LogP contribution in [-0.4, -0.2) is 38.9 Å². The minimum absolute atomic E-state index is 0.153. The number of rotatable bonds is 5. The number of hydrogen-bond acceptors (Lipinski definition) is 7. The van der Waals surface area contributed by atoms with E-state index in [9.17, 15) is 9.90 Å². The third-order valence-corrected chi connectivity index (χ3v) is 5.78. The van der Waals surface area contributed by atoms with E-state index in [2.05, 4.69) is 26.0 Å². The Bertz CT molecular complexity index is 1010. The van der Waals surface area contributed by atoms with Gasteiger partial charge in [0, 0.05) is 24.4 Å². The minimum Gasteiger partial charge on any atom is -0.508 e. The first-order valence-corrected chi connectivity index (χ1v) is 9.92. The summed E-state index contributed by atoms with van der Waals surface area (Å²) >= 11 is 1.25. The Labute approximate surface area is 166 Å². The molecule has 1 saturated heterocycles. The largest absolute Gasteiger partial charge is 0.508 e. The Morgan fingerprint density at radius 3 is 3.00 bits per heavy atom. The fourth-order valence-corrected chi connectivity index (χ4v) is 3.94. The summed E-state index contributed by atoms with van der Waals surface area (Å²) in [5, 5.41) is 24.4. The Hall–Kier alpha value is -2.91. The fourth-order valence-electron chi connectivity index (χ4n) is 3.22. The third-order valence-electron chi connectivity index (χ3n) is 4.86. The van der Waals surface area contributed by atoms with Gasteiger partial charge in [0.1, 0.15) is 10.6 Å². The van der Waals surface area contributed by atoms with Crippen molar-refractivity contribution in [2.75, 3.05) is 23.7 Å². The predicted octanol–water partition coefficient (Wildman–Crippen LogP) is 3.19. The Morgan fingerprint density at radius 2 is 2.21 bits per heavy atom. The number of carbonyl (C=O) groups is 1. The molecule has 1 atom stereocenters. The quantitative estimate of drug-likeness (QED) is 0.526. The second-order valence-corrected chi connectivity index (χ2v) is 7.87. The fraction of sp³-hybridized carbons (Fsp3) is 0.316. The van der Waals surface area contributed by atoms with Crippen LogP contribution in [0.1, 0.15) is 33.3 Å². The molecule has 0 bridgehead atoms. The molecule has 2 aromatic heterocycles. The molecule has 1 aliphatic rings. The van der Waals surface area contributed by atoms with E-state index in [1.54, 1.807) is 19.1 Å². The summed E-state index contributed by atoms with van der Waals surface area (Å²) < 4.78 is 1.96. The number of nitrogens with zero attached hydrogens (tertiary/aromatic N) is 3. The van der Waals surface area contributed by atoms with Gasteiger partial charge < -0.3 is 21.1 Å². The Kier molecular flexibility index (Phi) is 5.01. The molecule has 28 heavy (non-hydrogen) atoms. The highest BCUT2D eigenvalue weighted by Gasteiger charge is 2.18. The number of phenols is 1. The lowest BCUT2D eigenvalue weighted by molar-refractivity contribution is 0.103. The molecule has 0 spiro atoms. The van der Waals surface area contributed by atoms with Crippen molar-refractivity contribution in [1.29, 1.82) is 0 Å². The standard InChI is InChI=1S/C19H22N6O2S/c1-11-3-4-14(26)12(2)17(11)23-18(27)15-10-21-19(28-15)22-16-6-8-25(24-16)13-5-7-20-9-13/h3-4,6,8,10,13,20,26H,5,7,9H2,1-2H3,(H,23,27)(H,21,22,24)/t13-/m0/s1. The molecule has 0 unspecified atom stereocenters. The van der Waals surface area contributed by atoms with Crippen LogP contribution in [0.4, 0.5) is 16.6 Å². The lowest BCUT2D eigenvalue weighted by Crippen LogP contribution is -2.13. The number of nitrogens with one attached hydrogen (secondary N) is 3. The van der Waals surface area contributed by atoms with Crippen LogP contribution in [0.5, 0.6) is 5.75 Å². The number of aryl methyl sites for hydroxylation is 1. The van der Waals surface area contributed by atoms with Gasteiger partial charge in [-0.05, 0) is 38.4 Å². The van der Waals surface area contributed by atoms with Crippen molar-refractivity contribution in [2.24, 2.45) is 0 Å². The summed E-state index contributed by atoms with van der Waals surface area (Å²) in [5.41, 5.74) is 2.15. The average Bonchev–Trinajstić information content (AvgIpc) is 3.43. The van der Waals surface area contributed by atoms with E-state index in [-0.39, 0.29) is 11.7 Å². The highest BCUT2D eigenvalue weighted by Crippen LogP contribution is 2.29. The van der Waals surface area contributed by atoms with Gasteiger partial charge in [-0.15, -0.1) is 0 Å². The molecular formula is C19H22N6O2S. The number of aromatic nitrogens is 3. The van der Waals surface area contributed by atoms with Crippen molar-refractivity contribution < 1.29 is 9.90 Å². The second kappa shape index (κ2) is 7.61. The average molecular weight is 398 g/mol. The first kappa shape index (κ1) is 18.5. The van der Waals surface area contributed by atoms with Crippen LogP contribution >= 0.6 is 11.3 Å². The highest BCUT2D eigenvalue weighted by molar-refractivity contribution is 7.17. The van der Waals surface area contributed by atoms with E-state index in [0.717, 1.165) is 25.1 Å². The van der Waals surface area contributed by atoms with E-state index in [0.29, 0.717) is 33.1 Å². The van der Waals surface area contributed by atoms with Crippen LogP contribution in [0.25, 0.3) is 0 Å². The summed E-state index contributed by atoms with van der Waals surface area (Å²) in [7, 11) is 0. The number of phenolic OH excluding ortho intramolecular Hbond substituents is 1. The number of thiazole rings is 1. The zero-order valence-corrected chi connectivity index (χ0v) is 16.5. The van der Waals surface area contributed by atoms with Crippen molar-refractivity contribution in [3.8, 4) is 5.75 Å². The van der Waals surface area contributed by atoms with Crippen LogP contribution in [0.15, 0.2) is 30.6 Å². The van der Waals surface area contributed by atoms with Crippen LogP contribution in [0, 0.1) is 13.8 Å². The van der Waals surface area contributed by atoms with E-state index in [1.807, 2.05) is 23.9 Å². The number of benzene rings is 1.